The molecule has 3 rings (SSSR count). The Morgan fingerprint density at radius 3 is 2.61 bits per heavy atom. The van der Waals surface area contributed by atoms with Crippen molar-refractivity contribution in [2.45, 2.75) is 33.2 Å². The molecule has 0 aliphatic heterocycles. The molecule has 176 valence electrons. The van der Waals surface area contributed by atoms with Crippen molar-refractivity contribution in [2.75, 3.05) is 33.4 Å². The fourth-order valence-electron chi connectivity index (χ4n) is 3.44. The third kappa shape index (κ3) is 7.36. The molecule has 1 aromatic heterocycles. The summed E-state index contributed by atoms with van der Waals surface area (Å²) >= 11 is 0. The zero-order chi connectivity index (χ0) is 23.5. The highest BCUT2D eigenvalue weighted by Gasteiger charge is 2.11. The Morgan fingerprint density at radius 1 is 1.09 bits per heavy atom. The van der Waals surface area contributed by atoms with Crippen LogP contribution in [0.2, 0.25) is 0 Å². The van der Waals surface area contributed by atoms with Crippen LogP contribution >= 0.6 is 0 Å². The predicted molar refractivity (Wildman–Crippen MR) is 128 cm³/mol. The van der Waals surface area contributed by atoms with Gasteiger partial charge in [0.25, 0.3) is 0 Å². The highest BCUT2D eigenvalue weighted by Crippen LogP contribution is 2.28. The molecular formula is C26H33N3O4. The molecule has 0 saturated carbocycles. The highest BCUT2D eigenvalue weighted by atomic mass is 16.5. The maximum atomic E-state index is 12.3. The molecule has 1 heterocycles. The number of hydrogen-bond donors (Lipinski definition) is 1. The summed E-state index contributed by atoms with van der Waals surface area (Å²) in [6.45, 7) is 8.15. The molecule has 0 spiro atoms. The van der Waals surface area contributed by atoms with Gasteiger partial charge in [-0.25, -0.2) is 4.98 Å². The van der Waals surface area contributed by atoms with Crippen LogP contribution in [0.15, 0.2) is 59.1 Å². The molecule has 3 aromatic rings. The molecule has 0 aliphatic carbocycles. The van der Waals surface area contributed by atoms with Gasteiger partial charge in [0.15, 0.2) is 23.1 Å². The minimum atomic E-state index is -0.0621. The Labute approximate surface area is 195 Å². The van der Waals surface area contributed by atoms with Gasteiger partial charge in [-0.1, -0.05) is 50.2 Å². The quantitative estimate of drug-likeness (QED) is 0.417. The van der Waals surface area contributed by atoms with Crippen molar-refractivity contribution in [1.82, 2.24) is 15.2 Å². The van der Waals surface area contributed by atoms with Gasteiger partial charge in [-0.15, -0.1) is 0 Å². The van der Waals surface area contributed by atoms with E-state index in [9.17, 15) is 4.79 Å². The van der Waals surface area contributed by atoms with Gasteiger partial charge in [0.05, 0.1) is 13.3 Å². The first-order chi connectivity index (χ1) is 16.1. The van der Waals surface area contributed by atoms with E-state index in [0.717, 1.165) is 30.8 Å². The number of oxazole rings is 1. The van der Waals surface area contributed by atoms with Gasteiger partial charge in [0.2, 0.25) is 5.91 Å². The zero-order valence-electron chi connectivity index (χ0n) is 19.7. The maximum absolute atomic E-state index is 12.3. The number of amides is 1. The molecule has 7 nitrogen and oxygen atoms in total. The fourth-order valence-corrected chi connectivity index (χ4v) is 3.44. The Bertz CT molecular complexity index is 1000. The summed E-state index contributed by atoms with van der Waals surface area (Å²) < 4.78 is 17.1. The lowest BCUT2D eigenvalue weighted by molar-refractivity contribution is -0.121. The number of aromatic nitrogens is 1. The van der Waals surface area contributed by atoms with E-state index in [1.54, 1.807) is 13.3 Å². The first-order valence-corrected chi connectivity index (χ1v) is 11.4. The Kier molecular flexibility index (Phi) is 9.32. The number of carbonyl (C=O) groups excluding carboxylic acids is 1. The SMILES string of the molecule is CCN(CC)CCOc1ccc(CNC(=O)CCc2ncc(-c3ccccc3)o2)cc1OC. The van der Waals surface area contributed by atoms with Crippen LogP contribution in [0, 0.1) is 0 Å². The first-order valence-electron chi connectivity index (χ1n) is 11.4. The number of methoxy groups -OCH3 is 1. The lowest BCUT2D eigenvalue weighted by atomic mass is 10.2. The van der Waals surface area contributed by atoms with Crippen LogP contribution in [0.5, 0.6) is 11.5 Å². The smallest absolute Gasteiger partial charge is 0.220 e. The molecule has 7 heteroatoms. The lowest BCUT2D eigenvalue weighted by Crippen LogP contribution is -2.28. The number of likely N-dealkylation sites (N-methyl/N-ethyl adjacent to an activating group) is 1. The Morgan fingerprint density at radius 2 is 1.88 bits per heavy atom. The average Bonchev–Trinajstić information content (AvgIpc) is 3.34. The van der Waals surface area contributed by atoms with E-state index >= 15 is 0 Å². The molecule has 0 aliphatic rings. The molecule has 0 fully saturated rings. The molecule has 0 bridgehead atoms. The summed E-state index contributed by atoms with van der Waals surface area (Å²) in [4.78, 5) is 18.9. The van der Waals surface area contributed by atoms with Gasteiger partial charge in [-0.2, -0.15) is 0 Å². The standard InChI is InChI=1S/C26H33N3O4/c1-4-29(5-2)15-16-32-22-12-11-20(17-23(22)31-3)18-27-25(30)13-14-26-28-19-24(33-26)21-9-7-6-8-10-21/h6-12,17,19H,4-5,13-16,18H2,1-3H3,(H,27,30). The lowest BCUT2D eigenvalue weighted by Gasteiger charge is -2.19. The minimum Gasteiger partial charge on any atom is -0.493 e. The van der Waals surface area contributed by atoms with Crippen molar-refractivity contribution in [3.8, 4) is 22.8 Å². The van der Waals surface area contributed by atoms with Gasteiger partial charge in [0.1, 0.15) is 6.61 Å². The monoisotopic (exact) mass is 451 g/mol. The van der Waals surface area contributed by atoms with Crippen LogP contribution in [0.25, 0.3) is 11.3 Å². The first kappa shape index (κ1) is 24.3. The molecule has 33 heavy (non-hydrogen) atoms. The predicted octanol–water partition coefficient (Wildman–Crippen LogP) is 4.32. The van der Waals surface area contributed by atoms with Crippen LogP contribution in [0.1, 0.15) is 31.7 Å². The molecule has 0 radical (unpaired) electrons. The van der Waals surface area contributed by atoms with Gasteiger partial charge >= 0.3 is 0 Å². The van der Waals surface area contributed by atoms with E-state index in [-0.39, 0.29) is 5.91 Å². The maximum Gasteiger partial charge on any atom is 0.220 e. The summed E-state index contributed by atoms with van der Waals surface area (Å²) in [6.07, 6.45) is 2.44. The van der Waals surface area contributed by atoms with Crippen molar-refractivity contribution in [3.05, 3.63) is 66.2 Å². The molecule has 0 saturated heterocycles. The largest absolute Gasteiger partial charge is 0.493 e. The van der Waals surface area contributed by atoms with Gasteiger partial charge in [0, 0.05) is 31.5 Å². The number of ether oxygens (including phenoxy) is 2. The van der Waals surface area contributed by atoms with Crippen LogP contribution in [-0.4, -0.2) is 49.1 Å². The number of nitrogens with zero attached hydrogens (tertiary/aromatic N) is 2. The van der Waals surface area contributed by atoms with Gasteiger partial charge < -0.3 is 24.1 Å². The number of hydrogen-bond acceptors (Lipinski definition) is 6. The van der Waals surface area contributed by atoms with E-state index in [0.29, 0.717) is 49.1 Å². The molecule has 0 atom stereocenters. The van der Waals surface area contributed by atoms with E-state index in [4.69, 9.17) is 13.9 Å². The molecule has 1 N–H and O–H groups in total. The summed E-state index contributed by atoms with van der Waals surface area (Å²) in [7, 11) is 1.62. The van der Waals surface area contributed by atoms with E-state index in [1.165, 1.54) is 0 Å². The van der Waals surface area contributed by atoms with Gasteiger partial charge in [-0.05, 0) is 30.8 Å². The normalized spacial score (nSPS) is 10.9. The number of aryl methyl sites for hydroxylation is 1. The number of rotatable bonds is 13. The van der Waals surface area contributed by atoms with E-state index in [2.05, 4.69) is 29.0 Å². The summed E-state index contributed by atoms with van der Waals surface area (Å²) in [5.74, 6) is 2.56. The van der Waals surface area contributed by atoms with Crippen molar-refractivity contribution >= 4 is 5.91 Å². The van der Waals surface area contributed by atoms with Crippen LogP contribution in [0.3, 0.4) is 0 Å². The van der Waals surface area contributed by atoms with Crippen LogP contribution < -0.4 is 14.8 Å². The second-order valence-corrected chi connectivity index (χ2v) is 7.62. The fraction of sp³-hybridized carbons (Fsp3) is 0.385. The molecular weight excluding hydrogens is 418 g/mol. The number of nitrogens with one attached hydrogen (secondary N) is 1. The second kappa shape index (κ2) is 12.6. The Balaban J connectivity index is 1.45. The summed E-state index contributed by atoms with van der Waals surface area (Å²) in [6, 6.07) is 15.5. The Hall–Kier alpha value is -3.32. The minimum absolute atomic E-state index is 0.0621. The summed E-state index contributed by atoms with van der Waals surface area (Å²) in [5, 5.41) is 2.94. The number of carbonyl (C=O) groups is 1. The van der Waals surface area contributed by atoms with Crippen molar-refractivity contribution in [3.63, 3.8) is 0 Å². The van der Waals surface area contributed by atoms with Crippen LogP contribution in [-0.2, 0) is 17.8 Å². The second-order valence-electron chi connectivity index (χ2n) is 7.62. The zero-order valence-corrected chi connectivity index (χ0v) is 19.7. The molecule has 1 amide bonds. The van der Waals surface area contributed by atoms with Crippen molar-refractivity contribution in [2.24, 2.45) is 0 Å². The third-order valence-corrected chi connectivity index (χ3v) is 5.46. The molecule has 0 unspecified atom stereocenters. The van der Waals surface area contributed by atoms with Gasteiger partial charge in [-0.3, -0.25) is 4.79 Å². The topological polar surface area (TPSA) is 76.8 Å². The molecule has 2 aromatic carbocycles. The van der Waals surface area contributed by atoms with Crippen molar-refractivity contribution < 1.29 is 18.7 Å². The van der Waals surface area contributed by atoms with Crippen LogP contribution in [0.4, 0.5) is 0 Å². The van der Waals surface area contributed by atoms with Crippen molar-refractivity contribution in [1.29, 1.82) is 0 Å². The highest BCUT2D eigenvalue weighted by molar-refractivity contribution is 5.76. The average molecular weight is 452 g/mol. The van der Waals surface area contributed by atoms with E-state index in [1.807, 2.05) is 48.5 Å². The summed E-state index contributed by atoms with van der Waals surface area (Å²) in [5.41, 5.74) is 1.91. The third-order valence-electron chi connectivity index (χ3n) is 5.46. The van der Waals surface area contributed by atoms with E-state index < -0.39 is 0 Å². The number of benzene rings is 2.